The quantitative estimate of drug-likeness (QED) is 0.770. The number of hydrogen-bond acceptors (Lipinski definition) is 3. The lowest BCUT2D eigenvalue weighted by atomic mass is 9.95. The van der Waals surface area contributed by atoms with E-state index < -0.39 is 11.4 Å². The molecule has 0 radical (unpaired) electrons. The minimum absolute atomic E-state index is 0.0764. The summed E-state index contributed by atoms with van der Waals surface area (Å²) in [6.45, 7) is 9.32. The molecular formula is C16H24ClNO3. The first-order chi connectivity index (χ1) is 9.72. The van der Waals surface area contributed by atoms with Gasteiger partial charge in [0.15, 0.2) is 0 Å². The van der Waals surface area contributed by atoms with Crippen molar-refractivity contribution in [1.29, 1.82) is 0 Å². The molecule has 0 saturated heterocycles. The van der Waals surface area contributed by atoms with Gasteiger partial charge in [0, 0.05) is 6.54 Å². The molecule has 0 unspecified atom stereocenters. The second-order valence-corrected chi connectivity index (χ2v) is 6.67. The summed E-state index contributed by atoms with van der Waals surface area (Å²) in [5, 5.41) is 12.9. The molecule has 5 heteroatoms. The van der Waals surface area contributed by atoms with Gasteiger partial charge < -0.3 is 15.2 Å². The van der Waals surface area contributed by atoms with Gasteiger partial charge in [-0.25, -0.2) is 0 Å². The molecule has 1 aromatic rings. The Morgan fingerprint density at radius 2 is 2.10 bits per heavy atom. The lowest BCUT2D eigenvalue weighted by Crippen LogP contribution is -2.30. The van der Waals surface area contributed by atoms with Crippen molar-refractivity contribution in [3.8, 4) is 5.75 Å². The number of rotatable bonds is 8. The van der Waals surface area contributed by atoms with Gasteiger partial charge in [-0.2, -0.15) is 0 Å². The molecule has 0 spiro atoms. The van der Waals surface area contributed by atoms with E-state index in [4.69, 9.17) is 21.4 Å². The molecule has 0 fully saturated rings. The molecule has 21 heavy (non-hydrogen) atoms. The SMILES string of the molecule is CC(C)CNCc1ccc(OCC(C)(C)C(=O)O)c(Cl)c1. The van der Waals surface area contributed by atoms with E-state index in [0.29, 0.717) is 16.7 Å². The van der Waals surface area contributed by atoms with E-state index in [2.05, 4.69) is 19.2 Å². The number of halogens is 1. The van der Waals surface area contributed by atoms with Crippen LogP contribution in [0.15, 0.2) is 18.2 Å². The zero-order valence-corrected chi connectivity index (χ0v) is 13.8. The molecule has 4 nitrogen and oxygen atoms in total. The van der Waals surface area contributed by atoms with Crippen LogP contribution in [0.5, 0.6) is 5.75 Å². The van der Waals surface area contributed by atoms with Crippen LogP contribution in [0, 0.1) is 11.3 Å². The van der Waals surface area contributed by atoms with Crippen LogP contribution in [-0.4, -0.2) is 24.2 Å². The number of carboxylic acids is 1. The van der Waals surface area contributed by atoms with Crippen LogP contribution in [0.1, 0.15) is 33.3 Å². The maximum absolute atomic E-state index is 11.0. The van der Waals surface area contributed by atoms with Crippen molar-refractivity contribution in [1.82, 2.24) is 5.32 Å². The predicted octanol–water partition coefficient (Wildman–Crippen LogP) is 3.58. The number of nitrogens with one attached hydrogen (secondary N) is 1. The first-order valence-electron chi connectivity index (χ1n) is 7.07. The lowest BCUT2D eigenvalue weighted by molar-refractivity contribution is -0.148. The highest BCUT2D eigenvalue weighted by Crippen LogP contribution is 2.27. The molecule has 0 saturated carbocycles. The predicted molar refractivity (Wildman–Crippen MR) is 84.9 cm³/mol. The molecule has 0 heterocycles. The van der Waals surface area contributed by atoms with Crippen molar-refractivity contribution in [3.05, 3.63) is 28.8 Å². The zero-order chi connectivity index (χ0) is 16.0. The van der Waals surface area contributed by atoms with Gasteiger partial charge >= 0.3 is 5.97 Å². The lowest BCUT2D eigenvalue weighted by Gasteiger charge is -2.20. The topological polar surface area (TPSA) is 58.6 Å². The van der Waals surface area contributed by atoms with E-state index in [1.54, 1.807) is 19.9 Å². The number of benzene rings is 1. The summed E-state index contributed by atoms with van der Waals surface area (Å²) in [5.41, 5.74) is 0.131. The van der Waals surface area contributed by atoms with Gasteiger partial charge in [-0.15, -0.1) is 0 Å². The summed E-state index contributed by atoms with van der Waals surface area (Å²) in [6, 6.07) is 5.56. The van der Waals surface area contributed by atoms with Crippen molar-refractivity contribution in [3.63, 3.8) is 0 Å². The van der Waals surface area contributed by atoms with Gasteiger partial charge in [-0.3, -0.25) is 4.79 Å². The Hall–Kier alpha value is -1.26. The fraction of sp³-hybridized carbons (Fsp3) is 0.562. The minimum Gasteiger partial charge on any atom is -0.491 e. The molecule has 118 valence electrons. The second kappa shape index (κ2) is 7.66. The summed E-state index contributed by atoms with van der Waals surface area (Å²) in [6.07, 6.45) is 0. The largest absolute Gasteiger partial charge is 0.491 e. The van der Waals surface area contributed by atoms with Crippen LogP contribution >= 0.6 is 11.6 Å². The number of ether oxygens (including phenoxy) is 1. The third kappa shape index (κ3) is 5.94. The van der Waals surface area contributed by atoms with Crippen LogP contribution in [0.2, 0.25) is 5.02 Å². The molecule has 1 aromatic carbocycles. The number of carbonyl (C=O) groups is 1. The van der Waals surface area contributed by atoms with Crippen LogP contribution < -0.4 is 10.1 Å². The first kappa shape index (κ1) is 17.8. The summed E-state index contributed by atoms with van der Waals surface area (Å²) >= 11 is 6.18. The second-order valence-electron chi connectivity index (χ2n) is 6.27. The van der Waals surface area contributed by atoms with Crippen LogP contribution in [0.4, 0.5) is 0 Å². The Bertz CT molecular complexity index is 486. The van der Waals surface area contributed by atoms with E-state index in [-0.39, 0.29) is 6.61 Å². The molecule has 0 aliphatic heterocycles. The number of hydrogen-bond donors (Lipinski definition) is 2. The van der Waals surface area contributed by atoms with Crippen LogP contribution in [0.3, 0.4) is 0 Å². The minimum atomic E-state index is -0.944. The Labute approximate surface area is 131 Å². The maximum Gasteiger partial charge on any atom is 0.312 e. The molecular weight excluding hydrogens is 290 g/mol. The maximum atomic E-state index is 11.0. The van der Waals surface area contributed by atoms with Crippen LogP contribution in [-0.2, 0) is 11.3 Å². The van der Waals surface area contributed by atoms with Crippen molar-refractivity contribution < 1.29 is 14.6 Å². The highest BCUT2D eigenvalue weighted by atomic mass is 35.5. The fourth-order valence-corrected chi connectivity index (χ4v) is 1.85. The average molecular weight is 314 g/mol. The summed E-state index contributed by atoms with van der Waals surface area (Å²) in [7, 11) is 0. The molecule has 0 aliphatic carbocycles. The fourth-order valence-electron chi connectivity index (χ4n) is 1.60. The zero-order valence-electron chi connectivity index (χ0n) is 13.1. The van der Waals surface area contributed by atoms with E-state index in [9.17, 15) is 4.79 Å². The Balaban J connectivity index is 2.60. The Morgan fingerprint density at radius 1 is 1.43 bits per heavy atom. The van der Waals surface area contributed by atoms with Crippen molar-refractivity contribution in [2.45, 2.75) is 34.2 Å². The van der Waals surface area contributed by atoms with E-state index >= 15 is 0 Å². The smallest absolute Gasteiger partial charge is 0.312 e. The van der Waals surface area contributed by atoms with E-state index in [1.165, 1.54) is 0 Å². The molecule has 0 amide bonds. The number of aliphatic carboxylic acids is 1. The van der Waals surface area contributed by atoms with Gasteiger partial charge in [0.25, 0.3) is 0 Å². The van der Waals surface area contributed by atoms with Gasteiger partial charge in [0.2, 0.25) is 0 Å². The summed E-state index contributed by atoms with van der Waals surface area (Å²) in [4.78, 5) is 11.0. The van der Waals surface area contributed by atoms with E-state index in [1.807, 2.05) is 12.1 Å². The standard InChI is InChI=1S/C16H24ClNO3/c1-11(2)8-18-9-12-5-6-14(13(17)7-12)21-10-16(3,4)15(19)20/h5-7,11,18H,8-10H2,1-4H3,(H,19,20). The molecule has 0 aromatic heterocycles. The molecule has 1 rings (SSSR count). The number of carboxylic acid groups (broad SMARTS) is 1. The Morgan fingerprint density at radius 3 is 2.62 bits per heavy atom. The molecule has 0 aliphatic rings. The van der Waals surface area contributed by atoms with E-state index in [0.717, 1.165) is 18.7 Å². The molecule has 0 bridgehead atoms. The third-order valence-corrected chi connectivity index (χ3v) is 3.34. The van der Waals surface area contributed by atoms with Gasteiger partial charge in [-0.05, 0) is 44.0 Å². The highest BCUT2D eigenvalue weighted by Gasteiger charge is 2.28. The van der Waals surface area contributed by atoms with Gasteiger partial charge in [0.1, 0.15) is 12.4 Å². The van der Waals surface area contributed by atoms with Crippen LogP contribution in [0.25, 0.3) is 0 Å². The first-order valence-corrected chi connectivity index (χ1v) is 7.45. The Kier molecular flexibility index (Phi) is 6.49. The van der Waals surface area contributed by atoms with Crippen molar-refractivity contribution in [2.24, 2.45) is 11.3 Å². The van der Waals surface area contributed by atoms with Crippen molar-refractivity contribution in [2.75, 3.05) is 13.2 Å². The normalized spacial score (nSPS) is 11.7. The highest BCUT2D eigenvalue weighted by molar-refractivity contribution is 6.32. The molecule has 0 atom stereocenters. The summed E-state index contributed by atoms with van der Waals surface area (Å²) < 4.78 is 5.53. The van der Waals surface area contributed by atoms with Crippen molar-refractivity contribution >= 4 is 17.6 Å². The van der Waals surface area contributed by atoms with Gasteiger partial charge in [0.05, 0.1) is 10.4 Å². The van der Waals surface area contributed by atoms with Gasteiger partial charge in [-0.1, -0.05) is 31.5 Å². The third-order valence-electron chi connectivity index (χ3n) is 3.05. The summed E-state index contributed by atoms with van der Waals surface area (Å²) in [5.74, 6) is 0.216. The average Bonchev–Trinajstić information content (AvgIpc) is 2.37. The molecule has 2 N–H and O–H groups in total. The monoisotopic (exact) mass is 313 g/mol.